The van der Waals surface area contributed by atoms with Crippen molar-refractivity contribution in [3.63, 3.8) is 0 Å². The average Bonchev–Trinajstić information content (AvgIpc) is 3.09. The van der Waals surface area contributed by atoms with Crippen LogP contribution in [0.15, 0.2) is 54.1 Å². The van der Waals surface area contributed by atoms with Crippen LogP contribution in [0.5, 0.6) is 0 Å². The number of rotatable bonds is 5. The number of benzene rings is 2. The van der Waals surface area contributed by atoms with Crippen LogP contribution >= 0.6 is 12.2 Å². The largest absolute Gasteiger partial charge is 0.478 e. The van der Waals surface area contributed by atoms with Crippen molar-refractivity contribution in [3.8, 4) is 5.69 Å². The first-order chi connectivity index (χ1) is 17.0. The summed E-state index contributed by atoms with van der Waals surface area (Å²) >= 11 is 5.32. The van der Waals surface area contributed by atoms with Crippen molar-refractivity contribution in [3.05, 3.63) is 87.7 Å². The van der Waals surface area contributed by atoms with E-state index in [0.717, 1.165) is 28.2 Å². The van der Waals surface area contributed by atoms with Gasteiger partial charge in [-0.2, -0.15) is 0 Å². The van der Waals surface area contributed by atoms with Gasteiger partial charge in [-0.05, 0) is 98.1 Å². The van der Waals surface area contributed by atoms with Crippen LogP contribution in [-0.4, -0.2) is 32.6 Å². The number of hydrogen-bond acceptors (Lipinski definition) is 4. The Labute approximate surface area is 215 Å². The smallest absolute Gasteiger partial charge is 0.335 e. The summed E-state index contributed by atoms with van der Waals surface area (Å²) in [5, 5.41) is 12.0. The van der Waals surface area contributed by atoms with Gasteiger partial charge in [-0.3, -0.25) is 19.8 Å². The van der Waals surface area contributed by atoms with Crippen molar-refractivity contribution in [1.82, 2.24) is 9.88 Å². The van der Waals surface area contributed by atoms with E-state index < -0.39 is 17.8 Å². The van der Waals surface area contributed by atoms with Gasteiger partial charge in [-0.1, -0.05) is 26.0 Å². The minimum Gasteiger partial charge on any atom is -0.478 e. The Morgan fingerprint density at radius 2 is 1.69 bits per heavy atom. The third kappa shape index (κ3) is 4.47. The van der Waals surface area contributed by atoms with Crippen LogP contribution in [0, 0.1) is 20.8 Å². The number of nitrogens with zero attached hydrogens (tertiary/aromatic N) is 2. The maximum atomic E-state index is 13.4. The first-order valence-corrected chi connectivity index (χ1v) is 11.9. The minimum atomic E-state index is -0.987. The van der Waals surface area contributed by atoms with Crippen molar-refractivity contribution >= 4 is 46.9 Å². The molecule has 1 aliphatic heterocycles. The molecule has 8 heteroatoms. The number of thiocarbonyl (C=S) groups is 1. The van der Waals surface area contributed by atoms with E-state index in [4.69, 9.17) is 12.2 Å². The second kappa shape index (κ2) is 9.54. The van der Waals surface area contributed by atoms with E-state index in [9.17, 15) is 19.5 Å². The molecule has 2 heterocycles. The molecule has 0 spiro atoms. The molecule has 0 unspecified atom stereocenters. The number of carbonyl (C=O) groups is 3. The van der Waals surface area contributed by atoms with E-state index in [1.807, 2.05) is 55.7 Å². The van der Waals surface area contributed by atoms with Crippen LogP contribution in [0.1, 0.15) is 58.2 Å². The lowest BCUT2D eigenvalue weighted by Gasteiger charge is -2.29. The Balaban J connectivity index is 1.73. The van der Waals surface area contributed by atoms with Gasteiger partial charge in [0, 0.05) is 17.1 Å². The number of hydrogen-bond donors (Lipinski definition) is 2. The first kappa shape index (κ1) is 25.1. The predicted octanol–water partition coefficient (Wildman–Crippen LogP) is 5.06. The zero-order valence-corrected chi connectivity index (χ0v) is 21.6. The Hall–Kier alpha value is -4.04. The van der Waals surface area contributed by atoms with Crippen LogP contribution in [0.3, 0.4) is 0 Å². The summed E-state index contributed by atoms with van der Waals surface area (Å²) in [6, 6.07) is 14.4. The van der Waals surface area contributed by atoms with Gasteiger partial charge < -0.3 is 9.67 Å². The fourth-order valence-electron chi connectivity index (χ4n) is 4.40. The SMILES string of the molecule is Cc1cc(C(=O)O)ccc1-n1c(C)cc(/C=C2\C(=O)NC(=S)N(c3ccc(C(C)C)cc3)C2=O)c1C. The molecule has 184 valence electrons. The summed E-state index contributed by atoms with van der Waals surface area (Å²) in [4.78, 5) is 38.9. The Kier molecular flexibility index (Phi) is 6.65. The number of nitrogens with one attached hydrogen (secondary N) is 1. The number of carbonyl (C=O) groups excluding carboxylic acids is 2. The molecule has 36 heavy (non-hydrogen) atoms. The second-order valence-electron chi connectivity index (χ2n) is 9.17. The van der Waals surface area contributed by atoms with Crippen LogP contribution in [0.25, 0.3) is 11.8 Å². The van der Waals surface area contributed by atoms with Gasteiger partial charge in [-0.25, -0.2) is 4.79 Å². The van der Waals surface area contributed by atoms with Gasteiger partial charge in [0.15, 0.2) is 5.11 Å². The highest BCUT2D eigenvalue weighted by molar-refractivity contribution is 7.80. The molecule has 1 aliphatic rings. The maximum Gasteiger partial charge on any atom is 0.335 e. The standard InChI is InChI=1S/C28H27N3O4S/c1-15(2)19-6-9-22(10-7-19)31-26(33)23(25(32)29-28(31)36)14-21-13-17(4)30(18(21)5)24-11-8-20(27(34)35)12-16(24)3/h6-15H,1-5H3,(H,34,35)(H,29,32,36)/b23-14+. The van der Waals surface area contributed by atoms with Crippen molar-refractivity contribution in [2.24, 2.45) is 0 Å². The highest BCUT2D eigenvalue weighted by Crippen LogP contribution is 2.28. The molecule has 0 aliphatic carbocycles. The Morgan fingerprint density at radius 1 is 1.03 bits per heavy atom. The van der Waals surface area contributed by atoms with Crippen molar-refractivity contribution < 1.29 is 19.5 Å². The lowest BCUT2D eigenvalue weighted by molar-refractivity contribution is -0.122. The zero-order chi connectivity index (χ0) is 26.3. The van der Waals surface area contributed by atoms with Gasteiger partial charge in [0.1, 0.15) is 5.57 Å². The third-order valence-electron chi connectivity index (χ3n) is 6.37. The molecule has 2 N–H and O–H groups in total. The fourth-order valence-corrected chi connectivity index (χ4v) is 4.68. The molecule has 1 fully saturated rings. The molecule has 1 saturated heterocycles. The highest BCUT2D eigenvalue weighted by atomic mass is 32.1. The summed E-state index contributed by atoms with van der Waals surface area (Å²) in [6.45, 7) is 9.83. The molecule has 2 aromatic carbocycles. The Morgan fingerprint density at radius 3 is 2.28 bits per heavy atom. The molecule has 0 saturated carbocycles. The summed E-state index contributed by atoms with van der Waals surface area (Å²) in [7, 11) is 0. The first-order valence-electron chi connectivity index (χ1n) is 11.5. The quantitative estimate of drug-likeness (QED) is 0.290. The molecule has 1 aromatic heterocycles. The monoisotopic (exact) mass is 501 g/mol. The maximum absolute atomic E-state index is 13.4. The highest BCUT2D eigenvalue weighted by Gasteiger charge is 2.34. The van der Waals surface area contributed by atoms with E-state index in [2.05, 4.69) is 19.2 Å². The molecule has 0 atom stereocenters. The summed E-state index contributed by atoms with van der Waals surface area (Å²) < 4.78 is 1.98. The third-order valence-corrected chi connectivity index (χ3v) is 6.66. The molecule has 3 aromatic rings. The van der Waals surface area contributed by atoms with Gasteiger partial charge >= 0.3 is 5.97 Å². The number of amides is 2. The number of aromatic carboxylic acids is 1. The summed E-state index contributed by atoms with van der Waals surface area (Å²) in [6.07, 6.45) is 1.58. The zero-order valence-electron chi connectivity index (χ0n) is 20.7. The summed E-state index contributed by atoms with van der Waals surface area (Å²) in [5.41, 5.74) is 5.93. The fraction of sp³-hybridized carbons (Fsp3) is 0.214. The van der Waals surface area contributed by atoms with Gasteiger partial charge in [0.2, 0.25) is 0 Å². The number of aryl methyl sites for hydroxylation is 2. The molecule has 0 bridgehead atoms. The Bertz CT molecular complexity index is 1450. The minimum absolute atomic E-state index is 0.0188. The van der Waals surface area contributed by atoms with E-state index in [-0.39, 0.29) is 16.2 Å². The average molecular weight is 502 g/mol. The van der Waals surface area contributed by atoms with Crippen LogP contribution in [-0.2, 0) is 9.59 Å². The van der Waals surface area contributed by atoms with Crippen molar-refractivity contribution in [2.75, 3.05) is 4.90 Å². The van der Waals surface area contributed by atoms with Crippen molar-refractivity contribution in [1.29, 1.82) is 0 Å². The number of carboxylic acids is 1. The van der Waals surface area contributed by atoms with Crippen LogP contribution in [0.2, 0.25) is 0 Å². The molecular weight excluding hydrogens is 474 g/mol. The second-order valence-corrected chi connectivity index (χ2v) is 9.56. The lowest BCUT2D eigenvalue weighted by atomic mass is 10.0. The number of anilines is 1. The van der Waals surface area contributed by atoms with Gasteiger partial charge in [-0.15, -0.1) is 0 Å². The van der Waals surface area contributed by atoms with Gasteiger partial charge in [0.25, 0.3) is 11.8 Å². The molecule has 7 nitrogen and oxygen atoms in total. The number of carboxylic acid groups (broad SMARTS) is 1. The summed E-state index contributed by atoms with van der Waals surface area (Å²) in [5.74, 6) is -1.68. The van der Waals surface area contributed by atoms with E-state index in [1.54, 1.807) is 24.3 Å². The predicted molar refractivity (Wildman–Crippen MR) is 144 cm³/mol. The normalized spacial score (nSPS) is 15.1. The lowest BCUT2D eigenvalue weighted by Crippen LogP contribution is -2.54. The molecular formula is C28H27N3O4S. The van der Waals surface area contributed by atoms with Crippen LogP contribution in [0.4, 0.5) is 5.69 Å². The van der Waals surface area contributed by atoms with Crippen LogP contribution < -0.4 is 10.2 Å². The van der Waals surface area contributed by atoms with E-state index >= 15 is 0 Å². The molecule has 4 rings (SSSR count). The van der Waals surface area contributed by atoms with Gasteiger partial charge in [0.05, 0.1) is 11.3 Å². The molecule has 0 radical (unpaired) electrons. The molecule has 2 amide bonds. The van der Waals surface area contributed by atoms with E-state index in [0.29, 0.717) is 17.2 Å². The van der Waals surface area contributed by atoms with E-state index in [1.165, 1.54) is 4.90 Å². The topological polar surface area (TPSA) is 91.6 Å². The van der Waals surface area contributed by atoms with Crippen molar-refractivity contribution in [2.45, 2.75) is 40.5 Å². The number of aromatic nitrogens is 1.